The topological polar surface area (TPSA) is 79.2 Å². The molecule has 0 aromatic heterocycles. The molecule has 0 atom stereocenters. The Labute approximate surface area is 101 Å². The highest BCUT2D eigenvalue weighted by Crippen LogP contribution is 2.22. The van der Waals surface area contributed by atoms with Crippen molar-refractivity contribution in [3.8, 4) is 6.07 Å². The molecule has 0 bridgehead atoms. The summed E-state index contributed by atoms with van der Waals surface area (Å²) in [6, 6.07) is 6.41. The third kappa shape index (κ3) is 3.27. The maximum absolute atomic E-state index is 11.7. The van der Waals surface area contributed by atoms with E-state index >= 15 is 0 Å². The van der Waals surface area contributed by atoms with E-state index in [9.17, 15) is 8.42 Å². The zero-order valence-corrected chi connectivity index (χ0v) is 10.7. The van der Waals surface area contributed by atoms with Gasteiger partial charge in [-0.15, -0.1) is 0 Å². The van der Waals surface area contributed by atoms with E-state index in [-0.39, 0.29) is 10.8 Å². The summed E-state index contributed by atoms with van der Waals surface area (Å²) in [4.78, 5) is -0.0189. The minimum Gasteiger partial charge on any atom is -0.192 e. The smallest absolute Gasteiger partial charge is 0.192 e. The Morgan fingerprint density at radius 3 is 2.47 bits per heavy atom. The molecule has 0 unspecified atom stereocenters. The molecule has 17 heavy (non-hydrogen) atoms. The van der Waals surface area contributed by atoms with Gasteiger partial charge >= 0.3 is 10.1 Å². The van der Waals surface area contributed by atoms with Crippen LogP contribution in [0.25, 0.3) is 0 Å². The lowest BCUT2D eigenvalue weighted by molar-refractivity contribution is 0.231. The average Bonchev–Trinajstić information content (AvgIpc) is 2.28. The number of hydrogen-bond acceptors (Lipinski definition) is 5. The van der Waals surface area contributed by atoms with Crippen LogP contribution in [0.5, 0.6) is 0 Å². The van der Waals surface area contributed by atoms with Crippen molar-refractivity contribution in [1.29, 1.82) is 5.26 Å². The maximum atomic E-state index is 11.7. The quantitative estimate of drug-likeness (QED) is 0.824. The fourth-order valence-corrected chi connectivity index (χ4v) is 2.19. The fraction of sp³-hybridized carbons (Fsp3) is 0.364. The zero-order valence-electron chi connectivity index (χ0n) is 9.89. The summed E-state index contributed by atoms with van der Waals surface area (Å²) in [5, 5.41) is 8.86. The lowest BCUT2D eigenvalue weighted by Crippen LogP contribution is -2.16. The molecule has 0 radical (unpaired) electrons. The Bertz CT molecular complexity index is 544. The molecule has 0 spiro atoms. The van der Waals surface area contributed by atoms with Crippen molar-refractivity contribution in [1.82, 2.24) is 5.48 Å². The highest BCUT2D eigenvalue weighted by molar-refractivity contribution is 7.86. The van der Waals surface area contributed by atoms with Gasteiger partial charge in [0.25, 0.3) is 0 Å². The normalized spacial score (nSPS) is 11.5. The summed E-state index contributed by atoms with van der Waals surface area (Å²) in [6.07, 6.45) is 0. The molecule has 1 N–H and O–H groups in total. The summed E-state index contributed by atoms with van der Waals surface area (Å²) < 4.78 is 27.8. The van der Waals surface area contributed by atoms with Crippen molar-refractivity contribution in [3.05, 3.63) is 29.3 Å². The number of hydrogen-bond donors (Lipinski definition) is 1. The lowest BCUT2D eigenvalue weighted by atomic mass is 10.0. The molecule has 0 fully saturated rings. The standard InChI is InChI=1S/C11H14N2O3S/c1-8(2)10-4-9(7-12)5-11(6-10)17(14,15)16-13-3/h4-6,8,13H,1-3H3. The third-order valence-electron chi connectivity index (χ3n) is 2.21. The molecule has 0 amide bonds. The first-order chi connectivity index (χ1) is 7.90. The van der Waals surface area contributed by atoms with Gasteiger partial charge in [-0.1, -0.05) is 13.8 Å². The van der Waals surface area contributed by atoms with Crippen LogP contribution in [-0.4, -0.2) is 15.5 Å². The van der Waals surface area contributed by atoms with Crippen molar-refractivity contribution < 1.29 is 12.7 Å². The second-order valence-electron chi connectivity index (χ2n) is 3.80. The number of nitrogens with zero attached hydrogens (tertiary/aromatic N) is 1. The molecule has 1 aromatic carbocycles. The molecule has 5 nitrogen and oxygen atoms in total. The van der Waals surface area contributed by atoms with Gasteiger partial charge in [0.15, 0.2) is 0 Å². The predicted octanol–water partition coefficient (Wildman–Crippen LogP) is 1.52. The Hall–Kier alpha value is -1.42. The summed E-state index contributed by atoms with van der Waals surface area (Å²) >= 11 is 0. The van der Waals surface area contributed by atoms with E-state index in [1.54, 1.807) is 6.07 Å². The highest BCUT2D eigenvalue weighted by atomic mass is 32.2. The first kappa shape index (κ1) is 13.6. The Balaban J connectivity index is 3.35. The molecule has 0 aliphatic rings. The molecular weight excluding hydrogens is 240 g/mol. The van der Waals surface area contributed by atoms with Gasteiger partial charge < -0.3 is 0 Å². The molecule has 6 heteroatoms. The number of hydroxylamine groups is 1. The van der Waals surface area contributed by atoms with E-state index in [4.69, 9.17) is 5.26 Å². The average molecular weight is 254 g/mol. The van der Waals surface area contributed by atoms with Gasteiger partial charge in [-0.3, -0.25) is 0 Å². The largest absolute Gasteiger partial charge is 0.312 e. The Kier molecular flexibility index (Phi) is 4.23. The predicted molar refractivity (Wildman–Crippen MR) is 62.6 cm³/mol. The van der Waals surface area contributed by atoms with Crippen LogP contribution in [0.4, 0.5) is 0 Å². The van der Waals surface area contributed by atoms with Crippen molar-refractivity contribution >= 4 is 10.1 Å². The van der Waals surface area contributed by atoms with Crippen LogP contribution >= 0.6 is 0 Å². The van der Waals surface area contributed by atoms with Crippen LogP contribution < -0.4 is 5.48 Å². The van der Waals surface area contributed by atoms with E-state index in [2.05, 4.69) is 9.76 Å². The van der Waals surface area contributed by atoms with E-state index in [1.165, 1.54) is 19.2 Å². The van der Waals surface area contributed by atoms with Gasteiger partial charge in [-0.05, 0) is 29.7 Å². The minimum atomic E-state index is -3.86. The van der Waals surface area contributed by atoms with Crippen molar-refractivity contribution in [2.75, 3.05) is 7.05 Å². The summed E-state index contributed by atoms with van der Waals surface area (Å²) in [6.45, 7) is 3.84. The van der Waals surface area contributed by atoms with Gasteiger partial charge in [-0.25, -0.2) is 0 Å². The summed E-state index contributed by atoms with van der Waals surface area (Å²) in [7, 11) is -2.50. The van der Waals surface area contributed by atoms with Crippen LogP contribution in [0.2, 0.25) is 0 Å². The van der Waals surface area contributed by atoms with Gasteiger partial charge in [0, 0.05) is 7.05 Å². The van der Waals surface area contributed by atoms with Crippen LogP contribution in [0.3, 0.4) is 0 Å². The summed E-state index contributed by atoms with van der Waals surface area (Å²) in [5.41, 5.74) is 3.20. The molecule has 92 valence electrons. The van der Waals surface area contributed by atoms with Crippen molar-refractivity contribution in [3.63, 3.8) is 0 Å². The van der Waals surface area contributed by atoms with Gasteiger partial charge in [0.2, 0.25) is 0 Å². The number of nitriles is 1. The van der Waals surface area contributed by atoms with Gasteiger partial charge in [0.1, 0.15) is 0 Å². The minimum absolute atomic E-state index is 0.0189. The van der Waals surface area contributed by atoms with Crippen LogP contribution in [0.1, 0.15) is 30.9 Å². The van der Waals surface area contributed by atoms with E-state index in [0.29, 0.717) is 5.56 Å². The lowest BCUT2D eigenvalue weighted by Gasteiger charge is -2.09. The second kappa shape index (κ2) is 5.27. The Morgan fingerprint density at radius 1 is 1.35 bits per heavy atom. The van der Waals surface area contributed by atoms with E-state index < -0.39 is 10.1 Å². The number of benzene rings is 1. The highest BCUT2D eigenvalue weighted by Gasteiger charge is 2.17. The monoisotopic (exact) mass is 254 g/mol. The molecule has 1 aromatic rings. The number of rotatable bonds is 4. The Morgan fingerprint density at radius 2 is 2.00 bits per heavy atom. The molecule has 0 aliphatic heterocycles. The molecular formula is C11H14N2O3S. The first-order valence-corrected chi connectivity index (χ1v) is 6.47. The van der Waals surface area contributed by atoms with Crippen LogP contribution in [0, 0.1) is 11.3 Å². The maximum Gasteiger partial charge on any atom is 0.312 e. The second-order valence-corrected chi connectivity index (χ2v) is 5.35. The van der Waals surface area contributed by atoms with Gasteiger partial charge in [-0.2, -0.15) is 23.4 Å². The van der Waals surface area contributed by atoms with Gasteiger partial charge in [0.05, 0.1) is 16.5 Å². The fourth-order valence-electron chi connectivity index (χ4n) is 1.32. The number of nitrogens with one attached hydrogen (secondary N) is 1. The first-order valence-electron chi connectivity index (χ1n) is 5.06. The van der Waals surface area contributed by atoms with Crippen molar-refractivity contribution in [2.24, 2.45) is 0 Å². The van der Waals surface area contributed by atoms with Crippen molar-refractivity contribution in [2.45, 2.75) is 24.7 Å². The van der Waals surface area contributed by atoms with Crippen LogP contribution in [-0.2, 0) is 14.4 Å². The molecule has 0 saturated heterocycles. The SMILES string of the molecule is CNOS(=O)(=O)c1cc(C#N)cc(C(C)C)c1. The zero-order chi connectivity index (χ0) is 13.1. The van der Waals surface area contributed by atoms with E-state index in [0.717, 1.165) is 5.56 Å². The molecule has 0 aliphatic carbocycles. The van der Waals surface area contributed by atoms with Crippen LogP contribution in [0.15, 0.2) is 23.1 Å². The molecule has 1 rings (SSSR count). The summed E-state index contributed by atoms with van der Waals surface area (Å²) in [5.74, 6) is 0.131. The molecule has 0 heterocycles. The third-order valence-corrected chi connectivity index (χ3v) is 3.41. The van der Waals surface area contributed by atoms with E-state index in [1.807, 2.05) is 19.9 Å². The molecule has 0 saturated carbocycles.